The van der Waals surface area contributed by atoms with E-state index >= 15 is 0 Å². The summed E-state index contributed by atoms with van der Waals surface area (Å²) in [4.78, 5) is 26.1. The van der Waals surface area contributed by atoms with Crippen LogP contribution in [-0.2, 0) is 29.3 Å². The quantitative estimate of drug-likeness (QED) is 0.341. The molecule has 0 aliphatic heterocycles. The van der Waals surface area contributed by atoms with Crippen LogP contribution in [0.15, 0.2) is 53.6 Å². The van der Waals surface area contributed by atoms with E-state index in [1.54, 1.807) is 6.08 Å². The fourth-order valence-electron chi connectivity index (χ4n) is 2.04. The van der Waals surface area contributed by atoms with Gasteiger partial charge in [0.05, 0.1) is 19.8 Å². The number of hydrogen-bond acceptors (Lipinski definition) is 5. The Morgan fingerprint density at radius 1 is 1.04 bits per heavy atom. The molecule has 1 aromatic carbocycles. The minimum atomic E-state index is -5.09. The van der Waals surface area contributed by atoms with Gasteiger partial charge in [-0.3, -0.25) is 4.52 Å². The fraction of sp³-hybridized carbons (Fsp3) is 0.412. The van der Waals surface area contributed by atoms with Crippen LogP contribution in [0.1, 0.15) is 32.3 Å². The number of allylic oxidation sites excluding steroid dienone is 2. The van der Waals surface area contributed by atoms with Gasteiger partial charge in [0.15, 0.2) is 0 Å². The summed E-state index contributed by atoms with van der Waals surface area (Å²) in [5.41, 5.74) is 3.12. The van der Waals surface area contributed by atoms with E-state index in [0.717, 1.165) is 23.1 Å². The number of rotatable bonds is 12. The first-order valence-electron chi connectivity index (χ1n) is 8.24. The van der Waals surface area contributed by atoms with Crippen LogP contribution in [-0.4, -0.2) is 27.9 Å². The number of ether oxygens (including phenoxy) is 1. The number of phosphoric acid groups is 2. The Kier molecular flexibility index (Phi) is 10.4. The molecule has 27 heavy (non-hydrogen) atoms. The van der Waals surface area contributed by atoms with Crippen molar-refractivity contribution in [2.45, 2.75) is 33.3 Å². The zero-order valence-corrected chi connectivity index (χ0v) is 17.1. The van der Waals surface area contributed by atoms with Crippen molar-refractivity contribution in [2.24, 2.45) is 0 Å². The van der Waals surface area contributed by atoms with E-state index in [9.17, 15) is 9.13 Å². The van der Waals surface area contributed by atoms with Gasteiger partial charge in [-0.1, -0.05) is 53.6 Å². The van der Waals surface area contributed by atoms with Crippen molar-refractivity contribution in [1.82, 2.24) is 0 Å². The summed E-state index contributed by atoms with van der Waals surface area (Å²) in [7, 11) is -9.87. The lowest BCUT2D eigenvalue weighted by atomic mass is 10.1. The summed E-state index contributed by atoms with van der Waals surface area (Å²) in [5, 5.41) is 0. The van der Waals surface area contributed by atoms with Crippen molar-refractivity contribution in [3.05, 3.63) is 59.2 Å². The molecule has 1 rings (SSSR count). The summed E-state index contributed by atoms with van der Waals surface area (Å²) in [5.74, 6) is 0. The molecule has 0 aliphatic carbocycles. The highest BCUT2D eigenvalue weighted by Gasteiger charge is 2.31. The van der Waals surface area contributed by atoms with E-state index in [2.05, 4.69) is 14.9 Å². The molecule has 1 unspecified atom stereocenters. The van der Waals surface area contributed by atoms with E-state index in [0.29, 0.717) is 19.6 Å². The van der Waals surface area contributed by atoms with Gasteiger partial charge in [0.1, 0.15) is 0 Å². The molecule has 0 aromatic heterocycles. The van der Waals surface area contributed by atoms with Crippen molar-refractivity contribution < 1.29 is 37.4 Å². The van der Waals surface area contributed by atoms with Gasteiger partial charge in [0, 0.05) is 0 Å². The van der Waals surface area contributed by atoms with Crippen LogP contribution in [0, 0.1) is 0 Å². The summed E-state index contributed by atoms with van der Waals surface area (Å²) in [6, 6.07) is 9.90. The maximum Gasteiger partial charge on any atom is 0.481 e. The topological polar surface area (TPSA) is 123 Å². The Balaban J connectivity index is 2.27. The van der Waals surface area contributed by atoms with E-state index in [-0.39, 0.29) is 6.61 Å². The van der Waals surface area contributed by atoms with Crippen LogP contribution >= 0.6 is 15.6 Å². The molecule has 1 atom stereocenters. The molecule has 8 nitrogen and oxygen atoms in total. The zero-order chi connectivity index (χ0) is 20.3. The zero-order valence-electron chi connectivity index (χ0n) is 15.4. The second-order valence-corrected chi connectivity index (χ2v) is 8.78. The van der Waals surface area contributed by atoms with Crippen LogP contribution in [0.5, 0.6) is 0 Å². The molecular weight excluding hydrogens is 394 g/mol. The van der Waals surface area contributed by atoms with E-state index in [1.165, 1.54) is 0 Å². The van der Waals surface area contributed by atoms with Crippen LogP contribution in [0.2, 0.25) is 0 Å². The van der Waals surface area contributed by atoms with Gasteiger partial charge in [-0.05, 0) is 32.3 Å². The van der Waals surface area contributed by atoms with Crippen LogP contribution in [0.25, 0.3) is 0 Å². The third-order valence-electron chi connectivity index (χ3n) is 3.35. The molecule has 0 heterocycles. The minimum absolute atomic E-state index is 0.289. The second kappa shape index (κ2) is 11.7. The molecule has 0 radical (unpaired) electrons. The Morgan fingerprint density at radius 3 is 2.33 bits per heavy atom. The van der Waals surface area contributed by atoms with Crippen LogP contribution in [0.3, 0.4) is 0 Å². The molecule has 0 saturated heterocycles. The first kappa shape index (κ1) is 24.0. The van der Waals surface area contributed by atoms with E-state index in [4.69, 9.17) is 19.4 Å². The van der Waals surface area contributed by atoms with Gasteiger partial charge in [-0.25, -0.2) is 9.13 Å². The highest BCUT2D eigenvalue weighted by molar-refractivity contribution is 7.60. The molecule has 0 amide bonds. The number of hydrogen-bond donors (Lipinski definition) is 3. The van der Waals surface area contributed by atoms with Gasteiger partial charge in [-0.2, -0.15) is 4.31 Å². The van der Waals surface area contributed by atoms with Crippen LogP contribution < -0.4 is 0 Å². The van der Waals surface area contributed by atoms with Gasteiger partial charge in [-0.15, -0.1) is 0 Å². The highest BCUT2D eigenvalue weighted by Crippen LogP contribution is 2.57. The normalized spacial score (nSPS) is 15.6. The second-order valence-electron chi connectivity index (χ2n) is 5.95. The summed E-state index contributed by atoms with van der Waals surface area (Å²) in [6.07, 6.45) is 5.07. The van der Waals surface area contributed by atoms with Crippen molar-refractivity contribution in [3.8, 4) is 0 Å². The average molecular weight is 420 g/mol. The standard InChI is InChI=1S/C17H26O8P2/c1-15(11-12-24-27(21,22)25-26(18,19)20)7-6-8-16(2)13-23-14-17-9-4-3-5-10-17/h3-5,8-11H,6-7,12-14H2,1-2H3,(H,21,22)(H2,18,19,20)/b15-11+,16-8+. The minimum Gasteiger partial charge on any atom is -0.372 e. The molecule has 10 heteroatoms. The monoisotopic (exact) mass is 420 g/mol. The SMILES string of the molecule is C/C(=C\COP(=O)(O)OP(=O)(O)O)CC/C=C(\C)COCc1ccccc1. The van der Waals surface area contributed by atoms with Crippen molar-refractivity contribution in [3.63, 3.8) is 0 Å². The van der Waals surface area contributed by atoms with Gasteiger partial charge in [0.25, 0.3) is 0 Å². The molecule has 0 bridgehead atoms. The molecule has 0 saturated carbocycles. The lowest BCUT2D eigenvalue weighted by Crippen LogP contribution is -1.97. The molecule has 152 valence electrons. The van der Waals surface area contributed by atoms with Crippen molar-refractivity contribution in [1.29, 1.82) is 0 Å². The first-order valence-corrected chi connectivity index (χ1v) is 11.3. The molecule has 3 N–H and O–H groups in total. The fourth-order valence-corrected chi connectivity index (χ4v) is 3.57. The Labute approximate surface area is 159 Å². The van der Waals surface area contributed by atoms with Crippen molar-refractivity contribution in [2.75, 3.05) is 13.2 Å². The summed E-state index contributed by atoms with van der Waals surface area (Å²) >= 11 is 0. The van der Waals surface area contributed by atoms with Gasteiger partial charge < -0.3 is 19.4 Å². The smallest absolute Gasteiger partial charge is 0.372 e. The predicted molar refractivity (Wildman–Crippen MR) is 102 cm³/mol. The number of benzene rings is 1. The Hall–Kier alpha value is -1.08. The third-order valence-corrected chi connectivity index (χ3v) is 5.50. The molecule has 0 aliphatic rings. The molecule has 1 aromatic rings. The summed E-state index contributed by atoms with van der Waals surface area (Å²) in [6.45, 7) is 4.61. The molecular formula is C17H26O8P2. The molecule has 0 fully saturated rings. The maximum atomic E-state index is 11.3. The Bertz CT molecular complexity index is 724. The van der Waals surface area contributed by atoms with Crippen LogP contribution in [0.4, 0.5) is 0 Å². The lowest BCUT2D eigenvalue weighted by molar-refractivity contribution is 0.142. The largest absolute Gasteiger partial charge is 0.481 e. The lowest BCUT2D eigenvalue weighted by Gasteiger charge is -2.11. The Morgan fingerprint density at radius 2 is 1.70 bits per heavy atom. The first-order chi connectivity index (χ1) is 12.6. The predicted octanol–water partition coefficient (Wildman–Crippen LogP) is 4.10. The third kappa shape index (κ3) is 12.8. The van der Waals surface area contributed by atoms with Gasteiger partial charge >= 0.3 is 15.6 Å². The van der Waals surface area contributed by atoms with Crippen molar-refractivity contribution >= 4 is 15.6 Å². The van der Waals surface area contributed by atoms with E-state index in [1.807, 2.05) is 44.2 Å². The average Bonchev–Trinajstić information content (AvgIpc) is 2.53. The number of phosphoric ester groups is 1. The van der Waals surface area contributed by atoms with E-state index < -0.39 is 15.6 Å². The maximum absolute atomic E-state index is 11.3. The molecule has 0 spiro atoms. The van der Waals surface area contributed by atoms with Gasteiger partial charge in [0.2, 0.25) is 0 Å². The highest BCUT2D eigenvalue weighted by atomic mass is 31.3. The summed E-state index contributed by atoms with van der Waals surface area (Å²) < 4.78 is 35.6.